The van der Waals surface area contributed by atoms with E-state index in [1.54, 1.807) is 0 Å². The van der Waals surface area contributed by atoms with E-state index in [2.05, 4.69) is 54.6 Å². The maximum absolute atomic E-state index is 4.66. The van der Waals surface area contributed by atoms with E-state index in [0.29, 0.717) is 6.04 Å². The highest BCUT2D eigenvalue weighted by Gasteiger charge is 2.04. The Morgan fingerprint density at radius 1 is 1.30 bits per heavy atom. The van der Waals surface area contributed by atoms with Crippen LogP contribution in [-0.2, 0) is 6.54 Å². The van der Waals surface area contributed by atoms with Gasteiger partial charge in [0.05, 0.1) is 6.20 Å². The Bertz CT molecular complexity index is 430. The van der Waals surface area contributed by atoms with Gasteiger partial charge in [-0.3, -0.25) is 9.67 Å². The first-order chi connectivity index (χ1) is 10.7. The molecular weight excluding hydrogens is 401 g/mol. The molecule has 1 aromatic heterocycles. The van der Waals surface area contributed by atoms with Gasteiger partial charge in [0.1, 0.15) is 0 Å². The number of nitrogens with zero attached hydrogens (tertiary/aromatic N) is 3. The smallest absolute Gasteiger partial charge is 0.191 e. The van der Waals surface area contributed by atoms with Crippen LogP contribution >= 0.6 is 24.0 Å². The minimum absolute atomic E-state index is 0. The minimum Gasteiger partial charge on any atom is -0.357 e. The summed E-state index contributed by atoms with van der Waals surface area (Å²) in [5, 5.41) is 11.1. The maximum Gasteiger partial charge on any atom is 0.191 e. The molecule has 0 aliphatic carbocycles. The zero-order valence-electron chi connectivity index (χ0n) is 15.1. The number of unbranched alkanes of at least 4 members (excludes halogenated alkanes) is 2. The number of hydrogen-bond acceptors (Lipinski definition) is 2. The molecule has 5 nitrogen and oxygen atoms in total. The third-order valence-corrected chi connectivity index (χ3v) is 3.55. The van der Waals surface area contributed by atoms with E-state index in [9.17, 15) is 0 Å². The Labute approximate surface area is 158 Å². The molecule has 1 heterocycles. The molecule has 0 aromatic carbocycles. The molecular formula is C17H34IN5. The van der Waals surface area contributed by atoms with Crippen LogP contribution in [0.4, 0.5) is 0 Å². The highest BCUT2D eigenvalue weighted by molar-refractivity contribution is 14.0. The number of guanidine groups is 1. The minimum atomic E-state index is 0. The van der Waals surface area contributed by atoms with Crippen LogP contribution in [-0.4, -0.2) is 34.9 Å². The predicted molar refractivity (Wildman–Crippen MR) is 110 cm³/mol. The van der Waals surface area contributed by atoms with E-state index in [1.165, 1.54) is 31.2 Å². The van der Waals surface area contributed by atoms with Crippen molar-refractivity contribution in [1.82, 2.24) is 20.4 Å². The summed E-state index contributed by atoms with van der Waals surface area (Å²) in [6.45, 7) is 11.3. The molecule has 0 fully saturated rings. The Kier molecular flexibility index (Phi) is 13.2. The molecule has 0 bridgehead atoms. The first-order valence-corrected chi connectivity index (χ1v) is 8.69. The first-order valence-electron chi connectivity index (χ1n) is 8.69. The van der Waals surface area contributed by atoms with Crippen LogP contribution in [0.3, 0.4) is 0 Å². The fourth-order valence-corrected chi connectivity index (χ4v) is 2.34. The largest absolute Gasteiger partial charge is 0.357 e. The number of aliphatic imine (C=N–C) groups is 1. The van der Waals surface area contributed by atoms with E-state index in [-0.39, 0.29) is 24.0 Å². The van der Waals surface area contributed by atoms with E-state index in [0.717, 1.165) is 32.0 Å². The molecule has 0 amide bonds. The summed E-state index contributed by atoms with van der Waals surface area (Å²) in [6.07, 6.45) is 10.0. The van der Waals surface area contributed by atoms with Crippen LogP contribution in [0.15, 0.2) is 17.4 Å². The van der Waals surface area contributed by atoms with Gasteiger partial charge in [0, 0.05) is 31.9 Å². The fraction of sp³-hybridized carbons (Fsp3) is 0.765. The highest BCUT2D eigenvalue weighted by Crippen LogP contribution is 2.02. The van der Waals surface area contributed by atoms with Crippen molar-refractivity contribution < 1.29 is 0 Å². The van der Waals surface area contributed by atoms with Gasteiger partial charge in [-0.25, -0.2) is 0 Å². The molecule has 134 valence electrons. The molecule has 1 unspecified atom stereocenters. The van der Waals surface area contributed by atoms with Crippen LogP contribution in [0.2, 0.25) is 0 Å². The Morgan fingerprint density at radius 3 is 2.70 bits per heavy atom. The molecule has 0 aliphatic heterocycles. The summed E-state index contributed by atoms with van der Waals surface area (Å²) < 4.78 is 1.98. The number of hydrogen-bond donors (Lipinski definition) is 2. The number of halogens is 1. The van der Waals surface area contributed by atoms with Crippen LogP contribution < -0.4 is 10.6 Å². The van der Waals surface area contributed by atoms with Gasteiger partial charge in [-0.1, -0.05) is 26.2 Å². The lowest BCUT2D eigenvalue weighted by molar-refractivity contribution is 0.544. The van der Waals surface area contributed by atoms with Crippen LogP contribution in [0.25, 0.3) is 0 Å². The van der Waals surface area contributed by atoms with E-state index >= 15 is 0 Å². The van der Waals surface area contributed by atoms with Crippen LogP contribution in [0.1, 0.15) is 58.4 Å². The monoisotopic (exact) mass is 435 g/mol. The SMILES string of the molecule is CCCCCC(C)NC(=NCCCn1cc(C)cn1)NCC.I. The summed E-state index contributed by atoms with van der Waals surface area (Å²) in [5.74, 6) is 0.933. The number of aryl methyl sites for hydroxylation is 2. The van der Waals surface area contributed by atoms with Gasteiger partial charge >= 0.3 is 0 Å². The Balaban J connectivity index is 0.00000484. The average Bonchev–Trinajstić information content (AvgIpc) is 2.89. The zero-order valence-corrected chi connectivity index (χ0v) is 17.5. The van der Waals surface area contributed by atoms with E-state index in [1.807, 2.05) is 10.9 Å². The van der Waals surface area contributed by atoms with Crippen molar-refractivity contribution in [3.8, 4) is 0 Å². The summed E-state index contributed by atoms with van der Waals surface area (Å²) in [4.78, 5) is 4.66. The second kappa shape index (κ2) is 13.6. The zero-order chi connectivity index (χ0) is 16.2. The van der Waals surface area contributed by atoms with Crippen molar-refractivity contribution in [3.63, 3.8) is 0 Å². The lowest BCUT2D eigenvalue weighted by atomic mass is 10.1. The lowest BCUT2D eigenvalue weighted by Crippen LogP contribution is -2.42. The molecule has 1 atom stereocenters. The molecule has 1 aromatic rings. The van der Waals surface area contributed by atoms with Crippen molar-refractivity contribution >= 4 is 29.9 Å². The number of aromatic nitrogens is 2. The third kappa shape index (κ3) is 10.6. The topological polar surface area (TPSA) is 54.2 Å². The van der Waals surface area contributed by atoms with E-state index < -0.39 is 0 Å². The quantitative estimate of drug-likeness (QED) is 0.255. The maximum atomic E-state index is 4.66. The van der Waals surface area contributed by atoms with Gasteiger partial charge < -0.3 is 10.6 Å². The lowest BCUT2D eigenvalue weighted by Gasteiger charge is -2.17. The summed E-state index contributed by atoms with van der Waals surface area (Å²) >= 11 is 0. The first kappa shape index (κ1) is 22.2. The number of rotatable bonds is 10. The molecule has 0 aliphatic rings. The van der Waals surface area contributed by atoms with Crippen molar-refractivity contribution in [3.05, 3.63) is 18.0 Å². The second-order valence-corrected chi connectivity index (χ2v) is 5.94. The summed E-state index contributed by atoms with van der Waals surface area (Å²) in [6, 6.07) is 0.470. The van der Waals surface area contributed by atoms with Crippen LogP contribution in [0.5, 0.6) is 0 Å². The highest BCUT2D eigenvalue weighted by atomic mass is 127. The van der Waals surface area contributed by atoms with Crippen molar-refractivity contribution in [1.29, 1.82) is 0 Å². The van der Waals surface area contributed by atoms with Gasteiger partial charge in [0.2, 0.25) is 0 Å². The third-order valence-electron chi connectivity index (χ3n) is 3.55. The van der Waals surface area contributed by atoms with Gasteiger partial charge in [-0.05, 0) is 39.2 Å². The van der Waals surface area contributed by atoms with Crippen molar-refractivity contribution in [2.24, 2.45) is 4.99 Å². The molecule has 23 heavy (non-hydrogen) atoms. The van der Waals surface area contributed by atoms with Crippen molar-refractivity contribution in [2.45, 2.75) is 72.4 Å². The van der Waals surface area contributed by atoms with Gasteiger partial charge in [-0.2, -0.15) is 5.10 Å². The van der Waals surface area contributed by atoms with Crippen molar-refractivity contribution in [2.75, 3.05) is 13.1 Å². The van der Waals surface area contributed by atoms with Crippen LogP contribution in [0, 0.1) is 6.92 Å². The summed E-state index contributed by atoms with van der Waals surface area (Å²) in [7, 11) is 0. The van der Waals surface area contributed by atoms with Gasteiger partial charge in [0.25, 0.3) is 0 Å². The standard InChI is InChI=1S/C17H33N5.HI/c1-5-7-8-10-16(4)21-17(18-6-2)19-11-9-12-22-14-15(3)13-20-22;/h13-14,16H,5-12H2,1-4H3,(H2,18,19,21);1H. The van der Waals surface area contributed by atoms with Gasteiger partial charge in [-0.15, -0.1) is 24.0 Å². The molecule has 6 heteroatoms. The molecule has 0 spiro atoms. The molecule has 2 N–H and O–H groups in total. The normalized spacial score (nSPS) is 12.6. The predicted octanol–water partition coefficient (Wildman–Crippen LogP) is 3.72. The fourth-order valence-electron chi connectivity index (χ4n) is 2.34. The Morgan fingerprint density at radius 2 is 2.09 bits per heavy atom. The average molecular weight is 435 g/mol. The second-order valence-electron chi connectivity index (χ2n) is 5.94. The van der Waals surface area contributed by atoms with Gasteiger partial charge in [0.15, 0.2) is 5.96 Å². The molecule has 0 saturated heterocycles. The Hall–Kier alpha value is -0.790. The number of nitrogens with one attached hydrogen (secondary N) is 2. The molecule has 0 saturated carbocycles. The molecule has 1 rings (SSSR count). The van der Waals surface area contributed by atoms with E-state index in [4.69, 9.17) is 0 Å². The summed E-state index contributed by atoms with van der Waals surface area (Å²) in [5.41, 5.74) is 1.21. The molecule has 0 radical (unpaired) electrons.